The molecule has 0 spiro atoms. The summed E-state index contributed by atoms with van der Waals surface area (Å²) in [4.78, 5) is 6.62. The van der Waals surface area contributed by atoms with Crippen molar-refractivity contribution in [2.45, 2.75) is 0 Å². The first-order valence-corrected chi connectivity index (χ1v) is 3.93. The molecule has 2 rings (SSSR count). The number of hydrogen-bond acceptors (Lipinski definition) is 4. The lowest BCUT2D eigenvalue weighted by Gasteiger charge is -2.04. The summed E-state index contributed by atoms with van der Waals surface area (Å²) in [5.74, 6) is -0.301. The van der Waals surface area contributed by atoms with Crippen molar-refractivity contribution in [3.05, 3.63) is 24.5 Å². The molecule has 0 aliphatic heterocycles. The van der Waals surface area contributed by atoms with Crippen LogP contribution >= 0.6 is 0 Å². The minimum atomic E-state index is -0.225. The van der Waals surface area contributed by atoms with E-state index in [9.17, 15) is 10.2 Å². The maximum absolute atomic E-state index is 9.46. The Hall–Kier alpha value is -2.17. The highest BCUT2D eigenvalue weighted by Crippen LogP contribution is 2.38. The van der Waals surface area contributed by atoms with Crippen LogP contribution in [0.15, 0.2) is 24.5 Å². The number of rotatable bonds is 1. The van der Waals surface area contributed by atoms with E-state index in [0.717, 1.165) is 12.1 Å². The van der Waals surface area contributed by atoms with Gasteiger partial charge in [-0.2, -0.15) is 0 Å². The molecule has 72 valence electrons. The fourth-order valence-electron chi connectivity index (χ4n) is 1.24. The van der Waals surface area contributed by atoms with Gasteiger partial charge in [-0.1, -0.05) is 0 Å². The van der Waals surface area contributed by atoms with E-state index in [0.29, 0.717) is 5.82 Å². The number of H-pyrrole nitrogens is 1. The predicted molar refractivity (Wildman–Crippen MR) is 49.0 cm³/mol. The van der Waals surface area contributed by atoms with Gasteiger partial charge < -0.3 is 20.3 Å². The van der Waals surface area contributed by atoms with Gasteiger partial charge >= 0.3 is 0 Å². The summed E-state index contributed by atoms with van der Waals surface area (Å²) in [5.41, 5.74) is 0.174. The Morgan fingerprint density at radius 1 is 1.07 bits per heavy atom. The third-order valence-electron chi connectivity index (χ3n) is 1.82. The van der Waals surface area contributed by atoms with Crippen molar-refractivity contribution in [1.29, 1.82) is 0 Å². The molecule has 0 radical (unpaired) electrons. The van der Waals surface area contributed by atoms with Crippen LogP contribution in [-0.4, -0.2) is 25.3 Å². The van der Waals surface area contributed by atoms with Crippen LogP contribution in [-0.2, 0) is 0 Å². The average Bonchev–Trinajstić information content (AvgIpc) is 2.54. The number of phenols is 3. The molecule has 2 aromatic rings. The number of aromatic nitrogens is 2. The van der Waals surface area contributed by atoms with Crippen LogP contribution in [0.1, 0.15) is 0 Å². The van der Waals surface area contributed by atoms with Crippen LogP contribution in [0.4, 0.5) is 0 Å². The molecule has 0 saturated heterocycles. The van der Waals surface area contributed by atoms with Crippen LogP contribution in [0, 0.1) is 0 Å². The Morgan fingerprint density at radius 2 is 1.71 bits per heavy atom. The van der Waals surface area contributed by atoms with E-state index in [2.05, 4.69) is 9.97 Å². The van der Waals surface area contributed by atoms with Gasteiger partial charge in [0.05, 0.1) is 0 Å². The van der Waals surface area contributed by atoms with Gasteiger partial charge in [-0.15, -0.1) is 0 Å². The Labute approximate surface area is 79.3 Å². The van der Waals surface area contributed by atoms with Gasteiger partial charge in [-0.05, 0) is 0 Å². The number of imidazole rings is 1. The van der Waals surface area contributed by atoms with Gasteiger partial charge in [0.25, 0.3) is 0 Å². The van der Waals surface area contributed by atoms with Crippen LogP contribution < -0.4 is 0 Å². The number of nitrogens with one attached hydrogen (secondary N) is 1. The van der Waals surface area contributed by atoms with E-state index in [-0.39, 0.29) is 22.8 Å². The molecule has 5 nitrogen and oxygen atoms in total. The van der Waals surface area contributed by atoms with Crippen molar-refractivity contribution < 1.29 is 15.3 Å². The molecule has 0 fully saturated rings. The van der Waals surface area contributed by atoms with Gasteiger partial charge in [-0.25, -0.2) is 4.98 Å². The minimum Gasteiger partial charge on any atom is -0.508 e. The molecule has 1 heterocycles. The number of benzene rings is 1. The van der Waals surface area contributed by atoms with Gasteiger partial charge in [0, 0.05) is 24.5 Å². The van der Waals surface area contributed by atoms with E-state index in [1.807, 2.05) is 0 Å². The van der Waals surface area contributed by atoms with E-state index in [1.165, 1.54) is 6.20 Å². The molecule has 0 saturated carbocycles. The Balaban J connectivity index is 2.64. The zero-order chi connectivity index (χ0) is 10.1. The molecule has 5 heteroatoms. The van der Waals surface area contributed by atoms with Crippen molar-refractivity contribution in [3.8, 4) is 28.6 Å². The number of hydrogen-bond donors (Lipinski definition) is 4. The first kappa shape index (κ1) is 8.43. The largest absolute Gasteiger partial charge is 0.508 e. The molecule has 14 heavy (non-hydrogen) atoms. The fourth-order valence-corrected chi connectivity index (χ4v) is 1.24. The third kappa shape index (κ3) is 1.24. The van der Waals surface area contributed by atoms with Crippen molar-refractivity contribution in [2.24, 2.45) is 0 Å². The van der Waals surface area contributed by atoms with Crippen molar-refractivity contribution in [3.63, 3.8) is 0 Å². The second kappa shape index (κ2) is 2.95. The first-order valence-electron chi connectivity index (χ1n) is 3.93. The monoisotopic (exact) mass is 192 g/mol. The fraction of sp³-hybridized carbons (Fsp3) is 0. The average molecular weight is 192 g/mol. The van der Waals surface area contributed by atoms with Crippen LogP contribution in [0.2, 0.25) is 0 Å². The van der Waals surface area contributed by atoms with Gasteiger partial charge in [0.1, 0.15) is 28.6 Å². The van der Waals surface area contributed by atoms with E-state index < -0.39 is 0 Å². The van der Waals surface area contributed by atoms with E-state index in [4.69, 9.17) is 5.11 Å². The molecule has 1 aromatic heterocycles. The second-order valence-corrected chi connectivity index (χ2v) is 2.80. The third-order valence-corrected chi connectivity index (χ3v) is 1.82. The van der Waals surface area contributed by atoms with Crippen LogP contribution in [0.3, 0.4) is 0 Å². The Morgan fingerprint density at radius 3 is 2.21 bits per heavy atom. The lowest BCUT2D eigenvalue weighted by atomic mass is 10.1. The SMILES string of the molecule is Oc1cc(O)c(-c2ncc[nH]2)c(O)c1. The maximum atomic E-state index is 9.46. The lowest BCUT2D eigenvalue weighted by molar-refractivity contribution is 0.430. The van der Waals surface area contributed by atoms with Crippen molar-refractivity contribution in [2.75, 3.05) is 0 Å². The summed E-state index contributed by atoms with van der Waals surface area (Å²) >= 11 is 0. The van der Waals surface area contributed by atoms with E-state index in [1.54, 1.807) is 6.20 Å². The molecule has 0 atom stereocenters. The second-order valence-electron chi connectivity index (χ2n) is 2.80. The zero-order valence-corrected chi connectivity index (χ0v) is 7.10. The van der Waals surface area contributed by atoms with Crippen LogP contribution in [0.25, 0.3) is 11.4 Å². The molecular formula is C9H8N2O3. The van der Waals surface area contributed by atoms with Crippen molar-refractivity contribution in [1.82, 2.24) is 9.97 Å². The Kier molecular flexibility index (Phi) is 1.78. The van der Waals surface area contributed by atoms with Gasteiger partial charge in [0.15, 0.2) is 0 Å². The highest BCUT2D eigenvalue weighted by Gasteiger charge is 2.13. The number of aromatic hydroxyl groups is 3. The minimum absolute atomic E-state index is 0.174. The molecule has 0 aliphatic rings. The summed E-state index contributed by atoms with van der Waals surface area (Å²) < 4.78 is 0. The van der Waals surface area contributed by atoms with Crippen molar-refractivity contribution >= 4 is 0 Å². The normalized spacial score (nSPS) is 10.3. The zero-order valence-electron chi connectivity index (χ0n) is 7.10. The molecule has 4 N–H and O–H groups in total. The Bertz CT molecular complexity index is 428. The highest BCUT2D eigenvalue weighted by molar-refractivity contribution is 5.72. The number of aromatic amines is 1. The lowest BCUT2D eigenvalue weighted by Crippen LogP contribution is -1.83. The molecule has 1 aromatic carbocycles. The summed E-state index contributed by atoms with van der Waals surface area (Å²) in [6.45, 7) is 0. The topological polar surface area (TPSA) is 89.4 Å². The first-order chi connectivity index (χ1) is 6.68. The number of nitrogens with zero attached hydrogens (tertiary/aromatic N) is 1. The molecule has 0 bridgehead atoms. The molecule has 0 amide bonds. The van der Waals surface area contributed by atoms with Crippen LogP contribution in [0.5, 0.6) is 17.2 Å². The number of phenolic OH excluding ortho intramolecular Hbond substituents is 3. The predicted octanol–water partition coefficient (Wildman–Crippen LogP) is 1.19. The summed E-state index contributed by atoms with van der Waals surface area (Å²) in [7, 11) is 0. The highest BCUT2D eigenvalue weighted by atomic mass is 16.3. The molecular weight excluding hydrogens is 184 g/mol. The maximum Gasteiger partial charge on any atom is 0.144 e. The summed E-state index contributed by atoms with van der Waals surface area (Å²) in [6.07, 6.45) is 3.07. The van der Waals surface area contributed by atoms with Gasteiger partial charge in [-0.3, -0.25) is 0 Å². The molecule has 0 aliphatic carbocycles. The standard InChI is InChI=1S/C9H8N2O3/c12-5-3-6(13)8(7(14)4-5)9-10-1-2-11-9/h1-4,12-14H,(H,10,11). The smallest absolute Gasteiger partial charge is 0.144 e. The quantitative estimate of drug-likeness (QED) is 0.546. The summed E-state index contributed by atoms with van der Waals surface area (Å²) in [6, 6.07) is 2.27. The van der Waals surface area contributed by atoms with E-state index >= 15 is 0 Å². The summed E-state index contributed by atoms with van der Waals surface area (Å²) in [5, 5.41) is 28.0. The van der Waals surface area contributed by atoms with Gasteiger partial charge in [0.2, 0.25) is 0 Å². The molecule has 0 unspecified atom stereocenters.